The number of carbonyl (C=O) groups is 1. The minimum atomic E-state index is -4.60. The molecule has 1 aromatic heterocycles. The average molecular weight is 449 g/mol. The Kier molecular flexibility index (Phi) is 5.90. The van der Waals surface area contributed by atoms with E-state index in [1.54, 1.807) is 12.1 Å². The maximum atomic E-state index is 13.5. The van der Waals surface area contributed by atoms with Crippen molar-refractivity contribution in [1.29, 1.82) is 0 Å². The lowest BCUT2D eigenvalue weighted by atomic mass is 9.92. The molecule has 8 heteroatoms. The van der Waals surface area contributed by atoms with Crippen LogP contribution in [-0.2, 0) is 11.0 Å². The van der Waals surface area contributed by atoms with Crippen LogP contribution in [0.4, 0.5) is 13.2 Å². The van der Waals surface area contributed by atoms with Gasteiger partial charge in [0.05, 0.1) is 33.8 Å². The van der Waals surface area contributed by atoms with Crippen LogP contribution >= 0.6 is 11.6 Å². The minimum absolute atomic E-state index is 0.235. The number of fused-ring (bicyclic) bond motifs is 1. The van der Waals surface area contributed by atoms with Crippen molar-refractivity contribution in [3.05, 3.63) is 76.4 Å². The lowest BCUT2D eigenvalue weighted by molar-refractivity contribution is -0.143. The van der Waals surface area contributed by atoms with Gasteiger partial charge < -0.3 is 5.11 Å². The number of aromatic nitrogens is 1. The molecular weight excluding hydrogens is 429 g/mol. The molecule has 0 amide bonds. The fourth-order valence-electron chi connectivity index (χ4n) is 4.18. The number of rotatable bonds is 4. The summed E-state index contributed by atoms with van der Waals surface area (Å²) in [6, 6.07) is 14.4. The number of nitrogens with zero attached hydrogens (tertiary/aromatic N) is 2. The quantitative estimate of drug-likeness (QED) is 0.548. The molecule has 31 heavy (non-hydrogen) atoms. The maximum absolute atomic E-state index is 13.5. The minimum Gasteiger partial charge on any atom is -0.481 e. The van der Waals surface area contributed by atoms with Gasteiger partial charge in [-0.3, -0.25) is 14.7 Å². The van der Waals surface area contributed by atoms with Gasteiger partial charge in [-0.15, -0.1) is 0 Å². The number of hydrogen-bond donors (Lipinski definition) is 1. The zero-order chi connectivity index (χ0) is 22.2. The van der Waals surface area contributed by atoms with E-state index in [1.807, 2.05) is 35.2 Å². The number of likely N-dealkylation sites (tertiary alicyclic amines) is 1. The van der Waals surface area contributed by atoms with Crippen molar-refractivity contribution in [3.8, 4) is 0 Å². The maximum Gasteiger partial charge on any atom is 0.417 e. The van der Waals surface area contributed by atoms with Crippen molar-refractivity contribution in [1.82, 2.24) is 9.88 Å². The van der Waals surface area contributed by atoms with Crippen molar-refractivity contribution >= 4 is 28.5 Å². The number of benzene rings is 2. The molecule has 2 aromatic carbocycles. The van der Waals surface area contributed by atoms with Gasteiger partial charge in [-0.05, 0) is 49.2 Å². The first-order valence-electron chi connectivity index (χ1n) is 9.93. The number of para-hydroxylation sites is 1. The van der Waals surface area contributed by atoms with E-state index in [0.29, 0.717) is 30.6 Å². The number of aliphatic carboxylic acids is 1. The zero-order valence-electron chi connectivity index (χ0n) is 16.4. The van der Waals surface area contributed by atoms with Crippen LogP contribution in [-0.4, -0.2) is 34.0 Å². The van der Waals surface area contributed by atoms with Gasteiger partial charge in [0.2, 0.25) is 0 Å². The number of halogens is 4. The first-order chi connectivity index (χ1) is 14.7. The summed E-state index contributed by atoms with van der Waals surface area (Å²) >= 11 is 5.83. The second-order valence-corrected chi connectivity index (χ2v) is 8.15. The molecule has 1 fully saturated rings. The molecule has 4 nitrogen and oxygen atoms in total. The molecule has 162 valence electrons. The molecule has 2 heterocycles. The van der Waals surface area contributed by atoms with Gasteiger partial charge >= 0.3 is 12.1 Å². The fourth-order valence-corrected chi connectivity index (χ4v) is 4.40. The van der Waals surface area contributed by atoms with Gasteiger partial charge in [0.15, 0.2) is 0 Å². The lowest BCUT2D eigenvalue weighted by Crippen LogP contribution is -2.41. The fraction of sp³-hybridized carbons (Fsp3) is 0.304. The number of carboxylic acid groups (broad SMARTS) is 1. The standard InChI is InChI=1S/C23H20ClF3N2O2/c24-18-9-7-15(12-17(18)23(25,26)27)21(29-11-3-5-16(13-29)22(30)31)20-10-8-14-4-1-2-6-19(14)28-20/h1-2,4,6-10,12,16,21H,3,5,11,13H2,(H,30,31). The Labute approximate surface area is 182 Å². The van der Waals surface area contributed by atoms with Crippen molar-refractivity contribution in [2.75, 3.05) is 13.1 Å². The summed E-state index contributed by atoms with van der Waals surface area (Å²) in [6.07, 6.45) is -3.42. The van der Waals surface area contributed by atoms with Gasteiger partial charge in [0.1, 0.15) is 0 Å². The van der Waals surface area contributed by atoms with Gasteiger partial charge in [-0.2, -0.15) is 13.2 Å². The molecule has 4 rings (SSSR count). The van der Waals surface area contributed by atoms with Crippen molar-refractivity contribution < 1.29 is 23.1 Å². The summed E-state index contributed by atoms with van der Waals surface area (Å²) in [6.45, 7) is 0.797. The average Bonchev–Trinajstić information content (AvgIpc) is 2.74. The zero-order valence-corrected chi connectivity index (χ0v) is 17.2. The van der Waals surface area contributed by atoms with Gasteiger partial charge in [-0.25, -0.2) is 0 Å². The van der Waals surface area contributed by atoms with Crippen molar-refractivity contribution in [3.63, 3.8) is 0 Å². The van der Waals surface area contributed by atoms with E-state index in [2.05, 4.69) is 0 Å². The molecule has 0 aliphatic carbocycles. The van der Waals surface area contributed by atoms with Crippen LogP contribution in [0.2, 0.25) is 5.02 Å². The van der Waals surface area contributed by atoms with Crippen LogP contribution in [0.3, 0.4) is 0 Å². The molecule has 1 aliphatic heterocycles. The second-order valence-electron chi connectivity index (χ2n) is 7.74. The summed E-state index contributed by atoms with van der Waals surface area (Å²) < 4.78 is 40.6. The van der Waals surface area contributed by atoms with Crippen LogP contribution in [0.1, 0.15) is 35.7 Å². The Morgan fingerprint density at radius 1 is 1.16 bits per heavy atom. The van der Waals surface area contributed by atoms with Crippen LogP contribution < -0.4 is 0 Å². The van der Waals surface area contributed by atoms with Crippen LogP contribution in [0, 0.1) is 5.92 Å². The topological polar surface area (TPSA) is 53.4 Å². The van der Waals surface area contributed by atoms with Crippen LogP contribution in [0.15, 0.2) is 54.6 Å². The summed E-state index contributed by atoms with van der Waals surface area (Å²) in [5.74, 6) is -1.48. The largest absolute Gasteiger partial charge is 0.481 e. The first-order valence-corrected chi connectivity index (χ1v) is 10.3. The number of piperidine rings is 1. The molecule has 2 unspecified atom stereocenters. The molecule has 0 spiro atoms. The Morgan fingerprint density at radius 3 is 2.68 bits per heavy atom. The van der Waals surface area contributed by atoms with E-state index in [9.17, 15) is 23.1 Å². The van der Waals surface area contributed by atoms with Gasteiger partial charge in [-0.1, -0.05) is 41.9 Å². The smallest absolute Gasteiger partial charge is 0.417 e. The Balaban J connectivity index is 1.84. The Bertz CT molecular complexity index is 1120. The molecule has 0 radical (unpaired) electrons. The molecular formula is C23H20ClF3N2O2. The molecule has 2 atom stereocenters. The highest BCUT2D eigenvalue weighted by atomic mass is 35.5. The molecule has 3 aromatic rings. The summed E-state index contributed by atoms with van der Waals surface area (Å²) in [5.41, 5.74) is 0.761. The highest BCUT2D eigenvalue weighted by Crippen LogP contribution is 2.39. The third-order valence-corrected chi connectivity index (χ3v) is 6.01. The first kappa shape index (κ1) is 21.6. The monoisotopic (exact) mass is 448 g/mol. The summed E-state index contributed by atoms with van der Waals surface area (Å²) in [5, 5.41) is 10.0. The van der Waals surface area contributed by atoms with Crippen molar-refractivity contribution in [2.24, 2.45) is 5.92 Å². The number of hydrogen-bond acceptors (Lipinski definition) is 3. The van der Waals surface area contributed by atoms with E-state index in [4.69, 9.17) is 16.6 Å². The molecule has 0 saturated carbocycles. The molecule has 0 bridgehead atoms. The molecule has 1 N–H and O–H groups in total. The van der Waals surface area contributed by atoms with Gasteiger partial charge in [0.25, 0.3) is 0 Å². The second kappa shape index (κ2) is 8.48. The summed E-state index contributed by atoms with van der Waals surface area (Å²) in [7, 11) is 0. The third-order valence-electron chi connectivity index (χ3n) is 5.68. The SMILES string of the molecule is O=C(O)C1CCCN(C(c2ccc(Cl)c(C(F)(F)F)c2)c2ccc3ccccc3n2)C1. The van der Waals surface area contributed by atoms with E-state index in [-0.39, 0.29) is 11.6 Å². The third kappa shape index (κ3) is 4.52. The van der Waals surface area contributed by atoms with E-state index >= 15 is 0 Å². The Morgan fingerprint density at radius 2 is 1.94 bits per heavy atom. The van der Waals surface area contributed by atoms with Crippen molar-refractivity contribution in [2.45, 2.75) is 25.1 Å². The van der Waals surface area contributed by atoms with Crippen LogP contribution in [0.25, 0.3) is 10.9 Å². The van der Waals surface area contributed by atoms with E-state index in [1.165, 1.54) is 6.07 Å². The van der Waals surface area contributed by atoms with E-state index < -0.39 is 29.7 Å². The highest BCUT2D eigenvalue weighted by Gasteiger charge is 2.36. The van der Waals surface area contributed by atoms with Gasteiger partial charge in [0, 0.05) is 11.9 Å². The normalized spacial score (nSPS) is 18.8. The number of alkyl halides is 3. The molecule has 1 saturated heterocycles. The van der Waals surface area contributed by atoms with E-state index in [0.717, 1.165) is 17.0 Å². The lowest BCUT2D eigenvalue weighted by Gasteiger charge is -2.37. The predicted molar refractivity (Wildman–Crippen MR) is 112 cm³/mol. The summed E-state index contributed by atoms with van der Waals surface area (Å²) in [4.78, 5) is 18.2. The number of carboxylic acids is 1. The highest BCUT2D eigenvalue weighted by molar-refractivity contribution is 6.31. The van der Waals surface area contributed by atoms with Crippen LogP contribution in [0.5, 0.6) is 0 Å². The Hall–Kier alpha value is -2.64. The number of pyridine rings is 1. The molecule has 1 aliphatic rings. The predicted octanol–water partition coefficient (Wildman–Crippen LogP) is 5.79.